The molecule has 2 N–H and O–H groups in total. The number of fused-ring (bicyclic) bond motifs is 2. The van der Waals surface area contributed by atoms with E-state index in [1.165, 1.54) is 11.3 Å². The average molecular weight is 419 g/mol. The highest BCUT2D eigenvalue weighted by molar-refractivity contribution is 7.22. The van der Waals surface area contributed by atoms with Crippen LogP contribution in [0.5, 0.6) is 0 Å². The lowest BCUT2D eigenvalue weighted by atomic mass is 10.0. The van der Waals surface area contributed by atoms with Gasteiger partial charge in [0.15, 0.2) is 5.13 Å². The molecule has 0 aliphatic carbocycles. The lowest BCUT2D eigenvalue weighted by molar-refractivity contribution is 0.0608. The van der Waals surface area contributed by atoms with Gasteiger partial charge in [-0.2, -0.15) is 5.10 Å². The molecule has 2 aromatic heterocycles. The summed E-state index contributed by atoms with van der Waals surface area (Å²) >= 11 is 1.41. The number of nitrogens with zero attached hydrogens (tertiary/aromatic N) is 5. The predicted octanol–water partition coefficient (Wildman–Crippen LogP) is 3.53. The van der Waals surface area contributed by atoms with Crippen LogP contribution in [-0.2, 0) is 13.0 Å². The minimum Gasteiger partial charge on any atom is -0.375 e. The van der Waals surface area contributed by atoms with Crippen molar-refractivity contribution in [2.75, 3.05) is 12.3 Å². The van der Waals surface area contributed by atoms with E-state index in [1.807, 2.05) is 53.8 Å². The third-order valence-electron chi connectivity index (χ3n) is 5.51. The highest BCUT2D eigenvalue weighted by atomic mass is 32.1. The monoisotopic (exact) mass is 418 g/mol. The molecule has 2 aromatic carbocycles. The summed E-state index contributed by atoms with van der Waals surface area (Å²) in [6, 6.07) is 13.9. The molecular formula is C22H22N6OS. The molecule has 1 aliphatic heterocycles. The molecule has 1 amide bonds. The Bertz CT molecular complexity index is 1250. The smallest absolute Gasteiger partial charge is 0.254 e. The van der Waals surface area contributed by atoms with Crippen molar-refractivity contribution in [3.05, 3.63) is 70.8 Å². The van der Waals surface area contributed by atoms with E-state index in [2.05, 4.69) is 27.2 Å². The fraction of sp³-hybridized carbons (Fsp3) is 0.273. The van der Waals surface area contributed by atoms with Gasteiger partial charge in [-0.25, -0.2) is 14.6 Å². The van der Waals surface area contributed by atoms with Gasteiger partial charge in [0.05, 0.1) is 22.8 Å². The molecule has 3 heterocycles. The third-order valence-corrected chi connectivity index (χ3v) is 6.35. The van der Waals surface area contributed by atoms with E-state index in [0.717, 1.165) is 33.0 Å². The van der Waals surface area contributed by atoms with Crippen molar-refractivity contribution >= 4 is 32.6 Å². The first kappa shape index (κ1) is 18.7. The summed E-state index contributed by atoms with van der Waals surface area (Å²) in [6.45, 7) is 5.09. The van der Waals surface area contributed by atoms with Crippen molar-refractivity contribution in [1.82, 2.24) is 24.6 Å². The zero-order valence-corrected chi connectivity index (χ0v) is 17.7. The molecule has 0 radical (unpaired) electrons. The average Bonchev–Trinajstić information content (AvgIpc) is 3.30. The van der Waals surface area contributed by atoms with Gasteiger partial charge in [-0.1, -0.05) is 41.7 Å². The Morgan fingerprint density at radius 1 is 1.17 bits per heavy atom. The maximum atomic E-state index is 13.6. The van der Waals surface area contributed by atoms with Gasteiger partial charge in [0.1, 0.15) is 11.6 Å². The molecule has 1 atom stereocenters. The second-order valence-corrected chi connectivity index (χ2v) is 8.70. The highest BCUT2D eigenvalue weighted by Gasteiger charge is 2.34. The predicted molar refractivity (Wildman–Crippen MR) is 117 cm³/mol. The van der Waals surface area contributed by atoms with Gasteiger partial charge in [0.25, 0.3) is 5.91 Å². The summed E-state index contributed by atoms with van der Waals surface area (Å²) in [5, 5.41) is 5.03. The van der Waals surface area contributed by atoms with Gasteiger partial charge >= 0.3 is 0 Å². The van der Waals surface area contributed by atoms with E-state index in [9.17, 15) is 4.79 Å². The Balaban J connectivity index is 1.55. The van der Waals surface area contributed by atoms with E-state index in [1.54, 1.807) is 0 Å². The number of carbonyl (C=O) groups excluding carboxylic acids is 1. The Kier molecular flexibility index (Phi) is 4.51. The van der Waals surface area contributed by atoms with Crippen LogP contribution in [0.3, 0.4) is 0 Å². The van der Waals surface area contributed by atoms with E-state index >= 15 is 0 Å². The highest BCUT2D eigenvalue weighted by Crippen LogP contribution is 2.32. The number of hydrogen-bond acceptors (Lipinski definition) is 6. The summed E-state index contributed by atoms with van der Waals surface area (Å²) in [4.78, 5) is 24.6. The van der Waals surface area contributed by atoms with Crippen molar-refractivity contribution in [3.8, 4) is 0 Å². The molecule has 0 unspecified atom stereocenters. The number of nitrogen functional groups attached to an aromatic ring is 1. The molecule has 8 heteroatoms. The standard InChI is InChI=1S/C22H22N6OS/c1-13-10-16(12-18-19(13)25-22(23)30-18)21(29)27-8-9-28-20(24-14(2)26-28)17(27)11-15-6-4-3-5-7-15/h3-7,10,12,17H,8-9,11H2,1-2H3,(H2,23,25)/t17-/m0/s1. The zero-order chi connectivity index (χ0) is 20.8. The molecule has 0 saturated carbocycles. The van der Waals surface area contributed by atoms with Gasteiger partial charge in [-0.3, -0.25) is 4.79 Å². The van der Waals surface area contributed by atoms with E-state index < -0.39 is 0 Å². The molecule has 7 nitrogen and oxygen atoms in total. The first-order valence-corrected chi connectivity index (χ1v) is 10.7. The topological polar surface area (TPSA) is 89.9 Å². The fourth-order valence-corrected chi connectivity index (χ4v) is 5.02. The Hall–Kier alpha value is -3.26. The first-order chi connectivity index (χ1) is 14.5. The van der Waals surface area contributed by atoms with Crippen molar-refractivity contribution < 1.29 is 4.79 Å². The summed E-state index contributed by atoms with van der Waals surface area (Å²) in [5.41, 5.74) is 9.53. The van der Waals surface area contributed by atoms with Gasteiger partial charge in [-0.05, 0) is 37.1 Å². The molecule has 0 bridgehead atoms. The Morgan fingerprint density at radius 2 is 1.97 bits per heavy atom. The van der Waals surface area contributed by atoms with Crippen LogP contribution in [0.1, 0.15) is 39.2 Å². The lowest BCUT2D eigenvalue weighted by Gasteiger charge is -2.35. The van der Waals surface area contributed by atoms with E-state index in [4.69, 9.17) is 5.73 Å². The molecule has 152 valence electrons. The Labute approximate surface area is 178 Å². The molecule has 0 spiro atoms. The number of hydrogen-bond donors (Lipinski definition) is 1. The van der Waals surface area contributed by atoms with Crippen LogP contribution in [0, 0.1) is 13.8 Å². The number of carbonyl (C=O) groups is 1. The number of rotatable bonds is 3. The van der Waals surface area contributed by atoms with Crippen LogP contribution in [-0.4, -0.2) is 37.1 Å². The number of aryl methyl sites for hydroxylation is 2. The second-order valence-electron chi connectivity index (χ2n) is 7.64. The van der Waals surface area contributed by atoms with Gasteiger partial charge in [-0.15, -0.1) is 0 Å². The maximum absolute atomic E-state index is 13.6. The Morgan fingerprint density at radius 3 is 2.77 bits per heavy atom. The third kappa shape index (κ3) is 3.23. The van der Waals surface area contributed by atoms with Crippen molar-refractivity contribution in [3.63, 3.8) is 0 Å². The SMILES string of the molecule is Cc1nc2n(n1)CCN(C(=O)c1cc(C)c3nc(N)sc3c1)[C@H]2Cc1ccccc1. The second kappa shape index (κ2) is 7.21. The van der Waals surface area contributed by atoms with Crippen LogP contribution >= 0.6 is 11.3 Å². The van der Waals surface area contributed by atoms with Gasteiger partial charge < -0.3 is 10.6 Å². The molecular weight excluding hydrogens is 396 g/mol. The number of thiazole rings is 1. The number of benzene rings is 2. The largest absolute Gasteiger partial charge is 0.375 e. The summed E-state index contributed by atoms with van der Waals surface area (Å²) < 4.78 is 2.87. The van der Waals surface area contributed by atoms with Crippen molar-refractivity contribution in [2.24, 2.45) is 0 Å². The number of anilines is 1. The van der Waals surface area contributed by atoms with Gasteiger partial charge in [0.2, 0.25) is 0 Å². The number of aromatic nitrogens is 4. The number of amides is 1. The van der Waals surface area contributed by atoms with Gasteiger partial charge in [0, 0.05) is 18.5 Å². The van der Waals surface area contributed by atoms with E-state index in [0.29, 0.717) is 30.2 Å². The van der Waals surface area contributed by atoms with E-state index in [-0.39, 0.29) is 11.9 Å². The lowest BCUT2D eigenvalue weighted by Crippen LogP contribution is -2.43. The van der Waals surface area contributed by atoms with Crippen LogP contribution in [0.4, 0.5) is 5.13 Å². The molecule has 5 rings (SSSR count). The zero-order valence-electron chi connectivity index (χ0n) is 16.9. The quantitative estimate of drug-likeness (QED) is 0.550. The molecule has 0 fully saturated rings. The minimum atomic E-state index is -0.169. The summed E-state index contributed by atoms with van der Waals surface area (Å²) in [5.74, 6) is 1.57. The molecule has 30 heavy (non-hydrogen) atoms. The normalized spacial score (nSPS) is 16.1. The van der Waals surface area contributed by atoms with Crippen molar-refractivity contribution in [2.45, 2.75) is 32.9 Å². The van der Waals surface area contributed by atoms with Crippen LogP contribution in [0.2, 0.25) is 0 Å². The molecule has 1 aliphatic rings. The maximum Gasteiger partial charge on any atom is 0.254 e. The van der Waals surface area contributed by atoms with Crippen LogP contribution in [0.15, 0.2) is 42.5 Å². The number of nitrogens with two attached hydrogens (primary N) is 1. The minimum absolute atomic E-state index is 0.000180. The van der Waals surface area contributed by atoms with Crippen LogP contribution < -0.4 is 5.73 Å². The molecule has 0 saturated heterocycles. The molecule has 4 aromatic rings. The summed E-state index contributed by atoms with van der Waals surface area (Å²) in [7, 11) is 0. The fourth-order valence-electron chi connectivity index (χ4n) is 4.17. The van der Waals surface area contributed by atoms with Crippen molar-refractivity contribution in [1.29, 1.82) is 0 Å². The summed E-state index contributed by atoms with van der Waals surface area (Å²) in [6.07, 6.45) is 0.694. The first-order valence-electron chi connectivity index (χ1n) is 9.92. The van der Waals surface area contributed by atoms with Crippen LogP contribution in [0.25, 0.3) is 10.2 Å².